The van der Waals surface area contributed by atoms with Gasteiger partial charge in [0.25, 0.3) is 5.56 Å². The molecule has 1 aliphatic rings. The lowest BCUT2D eigenvalue weighted by atomic mass is 10.1. The zero-order chi connectivity index (χ0) is 15.0. The lowest BCUT2D eigenvalue weighted by molar-refractivity contribution is -0.0322. The zero-order valence-corrected chi connectivity index (χ0v) is 11.3. The van der Waals surface area contributed by atoms with Crippen molar-refractivity contribution in [1.82, 2.24) is 24.3 Å². The highest BCUT2D eigenvalue weighted by Crippen LogP contribution is 2.35. The Morgan fingerprint density at radius 3 is 3.00 bits per heavy atom. The number of nitrogens with zero attached hydrogens (tertiary/aromatic N) is 4. The number of hydrogen-bond donors (Lipinski definition) is 2. The number of hydrogen-bond acceptors (Lipinski definition) is 6. The molecule has 3 atom stereocenters. The van der Waals surface area contributed by atoms with Gasteiger partial charge >= 0.3 is 5.69 Å². The van der Waals surface area contributed by atoms with E-state index in [1.807, 2.05) is 0 Å². The van der Waals surface area contributed by atoms with Gasteiger partial charge in [-0.1, -0.05) is 0 Å². The summed E-state index contributed by atoms with van der Waals surface area (Å²) in [7, 11) is 0. The molecule has 0 amide bonds. The Bertz CT molecular complexity index is 735. The summed E-state index contributed by atoms with van der Waals surface area (Å²) in [5.41, 5.74) is -0.532. The van der Waals surface area contributed by atoms with Gasteiger partial charge in [-0.2, -0.15) is 5.10 Å². The van der Waals surface area contributed by atoms with Crippen LogP contribution in [0.3, 0.4) is 0 Å². The van der Waals surface area contributed by atoms with Gasteiger partial charge in [-0.05, 0) is 6.92 Å². The van der Waals surface area contributed by atoms with Crippen LogP contribution in [0.1, 0.15) is 24.3 Å². The van der Waals surface area contributed by atoms with Crippen molar-refractivity contribution in [3.63, 3.8) is 0 Å². The van der Waals surface area contributed by atoms with Crippen molar-refractivity contribution in [3.05, 3.63) is 45.3 Å². The fraction of sp³-hybridized carbons (Fsp3) is 0.500. The maximum absolute atomic E-state index is 11.9. The quantitative estimate of drug-likeness (QED) is 0.746. The molecule has 1 saturated heterocycles. The topological polar surface area (TPSA) is 115 Å². The summed E-state index contributed by atoms with van der Waals surface area (Å²) in [6.45, 7) is 1.42. The summed E-state index contributed by atoms with van der Waals surface area (Å²) in [4.78, 5) is 29.4. The van der Waals surface area contributed by atoms with E-state index in [-0.39, 0.29) is 12.6 Å². The fourth-order valence-corrected chi connectivity index (χ4v) is 2.52. The van der Waals surface area contributed by atoms with Crippen LogP contribution in [0.25, 0.3) is 0 Å². The molecule has 0 saturated carbocycles. The largest absolute Gasteiger partial charge is 0.394 e. The lowest BCUT2D eigenvalue weighted by Crippen LogP contribution is -2.33. The first-order chi connectivity index (χ1) is 10.1. The van der Waals surface area contributed by atoms with Crippen molar-refractivity contribution in [3.8, 4) is 0 Å². The highest BCUT2D eigenvalue weighted by atomic mass is 16.5. The van der Waals surface area contributed by atoms with Crippen LogP contribution in [0.4, 0.5) is 0 Å². The molecule has 1 fully saturated rings. The summed E-state index contributed by atoms with van der Waals surface area (Å²) < 4.78 is 8.64. The van der Waals surface area contributed by atoms with Crippen LogP contribution in [0.2, 0.25) is 0 Å². The molecule has 0 bridgehead atoms. The summed E-state index contributed by atoms with van der Waals surface area (Å²) in [5, 5.41) is 13.5. The SMILES string of the molecule is Cc1cn([C@H]2C[C@H](n3cncn3)[C@@H](CO)O2)c(=O)[nH]c1=O. The van der Waals surface area contributed by atoms with Crippen LogP contribution in [0, 0.1) is 6.92 Å². The molecule has 21 heavy (non-hydrogen) atoms. The standard InChI is InChI=1S/C12H15N5O4/c1-7-3-16(12(20)15-11(7)19)10-2-8(9(4-18)21-10)17-6-13-5-14-17/h3,5-6,8-10,18H,2,4H2,1H3,(H,15,19,20)/t8-,9+,10+/m0/s1. The van der Waals surface area contributed by atoms with Gasteiger partial charge < -0.3 is 9.84 Å². The van der Waals surface area contributed by atoms with E-state index in [0.717, 1.165) is 0 Å². The van der Waals surface area contributed by atoms with Gasteiger partial charge in [-0.3, -0.25) is 14.3 Å². The molecular weight excluding hydrogens is 278 g/mol. The minimum Gasteiger partial charge on any atom is -0.394 e. The van der Waals surface area contributed by atoms with E-state index < -0.39 is 23.6 Å². The summed E-state index contributed by atoms with van der Waals surface area (Å²) in [6.07, 6.45) is 3.79. The van der Waals surface area contributed by atoms with E-state index in [0.29, 0.717) is 12.0 Å². The molecule has 9 heteroatoms. The van der Waals surface area contributed by atoms with Gasteiger partial charge in [0, 0.05) is 18.2 Å². The molecule has 3 heterocycles. The smallest absolute Gasteiger partial charge is 0.330 e. The van der Waals surface area contributed by atoms with Crippen molar-refractivity contribution in [2.24, 2.45) is 0 Å². The Kier molecular flexibility index (Phi) is 3.43. The molecular formula is C12H15N5O4. The highest BCUT2D eigenvalue weighted by molar-refractivity contribution is 5.02. The van der Waals surface area contributed by atoms with Gasteiger partial charge in [-0.25, -0.2) is 14.5 Å². The van der Waals surface area contributed by atoms with E-state index in [9.17, 15) is 14.7 Å². The number of aryl methyl sites for hydroxylation is 1. The number of aromatic amines is 1. The van der Waals surface area contributed by atoms with Crippen LogP contribution in [-0.2, 0) is 4.74 Å². The monoisotopic (exact) mass is 293 g/mol. The first-order valence-corrected chi connectivity index (χ1v) is 6.52. The second kappa shape index (κ2) is 5.26. The first kappa shape index (κ1) is 13.7. The Morgan fingerprint density at radius 2 is 2.33 bits per heavy atom. The second-order valence-corrected chi connectivity index (χ2v) is 4.97. The van der Waals surface area contributed by atoms with Crippen LogP contribution < -0.4 is 11.2 Å². The number of aliphatic hydroxyl groups excluding tert-OH is 1. The lowest BCUT2D eigenvalue weighted by Gasteiger charge is -2.15. The average molecular weight is 293 g/mol. The van der Waals surface area contributed by atoms with Crippen LogP contribution >= 0.6 is 0 Å². The number of ether oxygens (including phenoxy) is 1. The maximum Gasteiger partial charge on any atom is 0.330 e. The minimum absolute atomic E-state index is 0.196. The normalized spacial score (nSPS) is 25.3. The summed E-state index contributed by atoms with van der Waals surface area (Å²) >= 11 is 0. The van der Waals surface area contributed by atoms with E-state index in [4.69, 9.17) is 4.74 Å². The average Bonchev–Trinajstić information content (AvgIpc) is 3.10. The third-order valence-corrected chi connectivity index (χ3v) is 3.62. The fourth-order valence-electron chi connectivity index (χ4n) is 2.52. The minimum atomic E-state index is -0.570. The van der Waals surface area contributed by atoms with E-state index >= 15 is 0 Å². The third-order valence-electron chi connectivity index (χ3n) is 3.62. The van der Waals surface area contributed by atoms with Crippen LogP contribution in [0.5, 0.6) is 0 Å². The molecule has 0 spiro atoms. The van der Waals surface area contributed by atoms with Crippen molar-refractivity contribution in [2.75, 3.05) is 6.61 Å². The van der Waals surface area contributed by atoms with Gasteiger partial charge in [-0.15, -0.1) is 0 Å². The third kappa shape index (κ3) is 2.41. The van der Waals surface area contributed by atoms with Crippen molar-refractivity contribution in [1.29, 1.82) is 0 Å². The van der Waals surface area contributed by atoms with Crippen molar-refractivity contribution in [2.45, 2.75) is 31.7 Å². The predicted octanol–water partition coefficient (Wildman–Crippen LogP) is -1.04. The molecule has 3 rings (SSSR count). The van der Waals surface area contributed by atoms with Gasteiger partial charge in [0.2, 0.25) is 0 Å². The van der Waals surface area contributed by atoms with E-state index in [1.54, 1.807) is 17.9 Å². The van der Waals surface area contributed by atoms with Crippen LogP contribution in [0.15, 0.2) is 28.4 Å². The number of aliphatic hydroxyl groups is 1. The molecule has 2 aromatic rings. The Labute approximate surface area is 118 Å². The van der Waals surface area contributed by atoms with E-state index in [1.165, 1.54) is 17.1 Å². The molecule has 2 aromatic heterocycles. The van der Waals surface area contributed by atoms with Crippen molar-refractivity contribution >= 4 is 0 Å². The highest BCUT2D eigenvalue weighted by Gasteiger charge is 2.38. The number of aromatic nitrogens is 5. The van der Waals surface area contributed by atoms with Crippen LogP contribution in [-0.4, -0.2) is 42.1 Å². The maximum atomic E-state index is 11.9. The molecule has 1 aliphatic heterocycles. The Balaban J connectivity index is 1.93. The zero-order valence-electron chi connectivity index (χ0n) is 11.3. The number of nitrogens with one attached hydrogen (secondary N) is 1. The Morgan fingerprint density at radius 1 is 1.52 bits per heavy atom. The number of rotatable bonds is 3. The molecule has 112 valence electrons. The number of H-pyrrole nitrogens is 1. The predicted molar refractivity (Wildman–Crippen MR) is 70.7 cm³/mol. The molecule has 0 aromatic carbocycles. The van der Waals surface area contributed by atoms with Gasteiger partial charge in [0.15, 0.2) is 0 Å². The van der Waals surface area contributed by atoms with Gasteiger partial charge in [0.1, 0.15) is 25.0 Å². The summed E-state index contributed by atoms with van der Waals surface area (Å²) in [6, 6.07) is -0.221. The van der Waals surface area contributed by atoms with Gasteiger partial charge in [0.05, 0.1) is 12.6 Å². The Hall–Kier alpha value is -2.26. The second-order valence-electron chi connectivity index (χ2n) is 4.97. The van der Waals surface area contributed by atoms with E-state index in [2.05, 4.69) is 15.1 Å². The summed E-state index contributed by atoms with van der Waals surface area (Å²) in [5.74, 6) is 0. The molecule has 2 N–H and O–H groups in total. The molecule has 0 unspecified atom stereocenters. The molecule has 0 aliphatic carbocycles. The molecule has 0 radical (unpaired) electrons. The first-order valence-electron chi connectivity index (χ1n) is 6.52. The molecule has 9 nitrogen and oxygen atoms in total. The van der Waals surface area contributed by atoms with Crippen molar-refractivity contribution < 1.29 is 9.84 Å².